The van der Waals surface area contributed by atoms with E-state index in [1.807, 2.05) is 30.3 Å². The molecule has 5 aromatic rings. The van der Waals surface area contributed by atoms with E-state index in [9.17, 15) is 57.8 Å². The zero-order valence-electron chi connectivity index (χ0n) is 51.8. The molecule has 5 aromatic carbocycles. The van der Waals surface area contributed by atoms with Crippen molar-refractivity contribution in [3.8, 4) is 0 Å². The number of nitrogens with two attached hydrogens (primary N) is 2. The molecule has 0 spiro atoms. The highest BCUT2D eigenvalue weighted by Gasteiger charge is 2.47. The standard InChI is InChI=1S/C40H50ClN5O8Si.C24H24ClN5O8/c1-24(2)55(25(3)4,26(5)6)53-23-36(48)45-20-32(44-38(50)28-16-17-30(42)29(41)18-28)39(51)46(34-15-11-10-14-33(34)45)21-35(47)43-31-19-37(49)54-40(31)52-22-27-12-8-7-9-13-27;25-15-7-13(5-6-16(15)26)23(37)28-17-9-29(21(34)12-32)18-3-1-2-4-19(18)30(24(17)38)10-20(33)27-14(11-31)8-22(35)36/h7-18,24-26,31-32,40H,19-23,42H2,1-6H3,(H,43,47)(H,44,50);1-7,11,14,17,32H,8-10,12,26H2,(H,27,33)(H,28,37)(H,35,36)/t31-,32-,40?;14-,17-/m00/s1. The van der Waals surface area contributed by atoms with Crippen molar-refractivity contribution in [3.63, 3.8) is 0 Å². The number of cyclic esters (lactones) is 1. The van der Waals surface area contributed by atoms with E-state index in [1.54, 1.807) is 36.4 Å². The monoisotopic (exact) mass is 1340 g/mol. The first kappa shape index (κ1) is 71.2. The van der Waals surface area contributed by atoms with Gasteiger partial charge in [-0.05, 0) is 82.9 Å². The van der Waals surface area contributed by atoms with Gasteiger partial charge in [0.1, 0.15) is 50.7 Å². The molecule has 1 fully saturated rings. The number of halogens is 2. The molecule has 3 heterocycles. The number of fused-ring (bicyclic) bond motifs is 2. The van der Waals surface area contributed by atoms with Crippen molar-refractivity contribution in [1.29, 1.82) is 0 Å². The summed E-state index contributed by atoms with van der Waals surface area (Å²) in [6, 6.07) is 25.7. The molecule has 494 valence electrons. The summed E-state index contributed by atoms with van der Waals surface area (Å²) in [7, 11) is -2.47. The Balaban J connectivity index is 0.000000282. The topological polar surface area (TPSA) is 369 Å². The molecule has 1 unspecified atom stereocenters. The molecular formula is C64H74Cl2N10O16Si. The highest BCUT2D eigenvalue weighted by atomic mass is 35.5. The molecule has 10 N–H and O–H groups in total. The average Bonchev–Trinajstić information content (AvgIpc) is 1.69. The van der Waals surface area contributed by atoms with Gasteiger partial charge in [0.15, 0.2) is 0 Å². The highest BCUT2D eigenvalue weighted by Crippen LogP contribution is 2.43. The normalized spacial score (nSPS) is 17.4. The number of nitrogens with one attached hydrogen (secondary N) is 4. The van der Waals surface area contributed by atoms with E-state index < -0.39 is 124 Å². The van der Waals surface area contributed by atoms with Crippen LogP contribution >= 0.6 is 23.2 Å². The van der Waals surface area contributed by atoms with E-state index in [-0.39, 0.29) is 105 Å². The number of hydrogen-bond acceptors (Lipinski definition) is 17. The predicted octanol–water partition coefficient (Wildman–Crippen LogP) is 5.12. The van der Waals surface area contributed by atoms with Crippen molar-refractivity contribution in [2.24, 2.45) is 0 Å². The van der Waals surface area contributed by atoms with Gasteiger partial charge < -0.3 is 71.4 Å². The van der Waals surface area contributed by atoms with Crippen LogP contribution in [-0.2, 0) is 63.7 Å². The summed E-state index contributed by atoms with van der Waals surface area (Å²) >= 11 is 12.2. The van der Waals surface area contributed by atoms with Gasteiger partial charge in [-0.3, -0.25) is 57.7 Å². The third-order valence-electron chi connectivity index (χ3n) is 15.9. The molecule has 5 atom stereocenters. The lowest BCUT2D eigenvalue weighted by Gasteiger charge is -2.42. The van der Waals surface area contributed by atoms with E-state index in [1.165, 1.54) is 58.3 Å². The van der Waals surface area contributed by atoms with Crippen molar-refractivity contribution in [3.05, 3.63) is 142 Å². The van der Waals surface area contributed by atoms with Crippen LogP contribution in [0.25, 0.3) is 0 Å². The largest absolute Gasteiger partial charge is 0.481 e. The van der Waals surface area contributed by atoms with Gasteiger partial charge in [-0.15, -0.1) is 0 Å². The number of aliphatic carboxylic acids is 1. The van der Waals surface area contributed by atoms with E-state index in [0.29, 0.717) is 5.69 Å². The van der Waals surface area contributed by atoms with Crippen molar-refractivity contribution in [1.82, 2.24) is 21.3 Å². The fraction of sp³-hybridized carbons (Fsp3) is 0.359. The van der Waals surface area contributed by atoms with Crippen molar-refractivity contribution in [2.45, 2.75) is 108 Å². The fourth-order valence-electron chi connectivity index (χ4n) is 11.5. The van der Waals surface area contributed by atoms with Gasteiger partial charge in [0.25, 0.3) is 35.4 Å². The Morgan fingerprint density at radius 3 is 1.57 bits per heavy atom. The Morgan fingerprint density at radius 1 is 0.656 bits per heavy atom. The molecule has 8 rings (SSSR count). The van der Waals surface area contributed by atoms with E-state index >= 15 is 0 Å². The van der Waals surface area contributed by atoms with Crippen LogP contribution in [0.1, 0.15) is 80.7 Å². The summed E-state index contributed by atoms with van der Waals surface area (Å²) in [4.78, 5) is 147. The number of nitrogens with zero attached hydrogens (tertiary/aromatic N) is 4. The van der Waals surface area contributed by atoms with Crippen LogP contribution < -0.4 is 52.3 Å². The first-order valence-electron chi connectivity index (χ1n) is 29.7. The van der Waals surface area contributed by atoms with Gasteiger partial charge >= 0.3 is 11.9 Å². The summed E-state index contributed by atoms with van der Waals surface area (Å²) in [5.74, 6) is -7.28. The number of para-hydroxylation sites is 4. The molecule has 0 aliphatic carbocycles. The Bertz CT molecular complexity index is 3620. The number of carbonyl (C=O) groups is 11. The molecule has 8 amide bonds. The van der Waals surface area contributed by atoms with Crippen LogP contribution in [0.2, 0.25) is 26.7 Å². The summed E-state index contributed by atoms with van der Waals surface area (Å²) in [6.45, 7) is 9.97. The third kappa shape index (κ3) is 17.5. The Labute approximate surface area is 547 Å². The summed E-state index contributed by atoms with van der Waals surface area (Å²) in [5, 5.41) is 29.1. The number of carboxylic acids is 1. The molecule has 0 aromatic heterocycles. The lowest BCUT2D eigenvalue weighted by molar-refractivity contribution is -0.168. The van der Waals surface area contributed by atoms with Gasteiger partial charge in [-0.2, -0.15) is 0 Å². The van der Waals surface area contributed by atoms with Crippen molar-refractivity contribution in [2.75, 3.05) is 70.5 Å². The Morgan fingerprint density at radius 2 is 1.12 bits per heavy atom. The van der Waals surface area contributed by atoms with Gasteiger partial charge in [0.05, 0.1) is 82.7 Å². The number of aliphatic hydroxyl groups is 1. The minimum atomic E-state index is -2.47. The van der Waals surface area contributed by atoms with E-state index in [4.69, 9.17) is 53.7 Å². The summed E-state index contributed by atoms with van der Waals surface area (Å²) in [6.07, 6.45) is -1.59. The van der Waals surface area contributed by atoms with Crippen LogP contribution in [0, 0.1) is 0 Å². The SMILES string of the molecule is CC(C)[Si](OCC(=O)N1C[C@H](NC(=O)c2ccc(N)c(Cl)c2)C(=O)N(CC(=O)N[C@H]2CC(=O)OC2OCc2ccccc2)c2ccccc21)(C(C)C)C(C)C.Nc1ccc(C(=O)N[C@H]2CN(C(=O)CO)c3ccccc3N(CC(=O)N[C@H](C=O)CC(=O)O)C2=O)cc1Cl. The maximum absolute atomic E-state index is 14.5. The molecule has 26 nitrogen and oxygen atoms in total. The summed E-state index contributed by atoms with van der Waals surface area (Å²) < 4.78 is 17.9. The van der Waals surface area contributed by atoms with E-state index in [2.05, 4.69) is 62.8 Å². The van der Waals surface area contributed by atoms with Crippen LogP contribution in [-0.4, -0.2) is 154 Å². The molecule has 0 radical (unpaired) electrons. The second-order valence-corrected chi connectivity index (χ2v) is 29.3. The number of nitrogen functional groups attached to an aromatic ring is 2. The van der Waals surface area contributed by atoms with Crippen LogP contribution in [0.4, 0.5) is 34.1 Å². The fourth-order valence-corrected chi connectivity index (χ4v) is 17.3. The zero-order chi connectivity index (χ0) is 68.0. The number of carbonyl (C=O) groups excluding carboxylic acids is 10. The molecular weight excluding hydrogens is 1260 g/mol. The lowest BCUT2D eigenvalue weighted by Crippen LogP contribution is -2.55. The molecule has 29 heteroatoms. The number of rotatable bonds is 23. The second kappa shape index (κ2) is 31.9. The van der Waals surface area contributed by atoms with Gasteiger partial charge in [0.2, 0.25) is 26.4 Å². The smallest absolute Gasteiger partial charge is 0.310 e. The Hall–Kier alpha value is -9.25. The van der Waals surface area contributed by atoms with Crippen LogP contribution in [0.3, 0.4) is 0 Å². The average molecular weight is 1340 g/mol. The molecule has 3 aliphatic rings. The first-order valence-corrected chi connectivity index (χ1v) is 32.6. The number of aldehydes is 1. The quantitative estimate of drug-likeness (QED) is 0.0182. The first-order chi connectivity index (χ1) is 44.2. The van der Waals surface area contributed by atoms with Gasteiger partial charge in [0, 0.05) is 11.1 Å². The van der Waals surface area contributed by atoms with E-state index in [0.717, 1.165) is 15.4 Å². The number of ether oxygens (including phenoxy) is 2. The molecule has 93 heavy (non-hydrogen) atoms. The minimum absolute atomic E-state index is 0.0746. The second-order valence-electron chi connectivity index (χ2n) is 23.1. The summed E-state index contributed by atoms with van der Waals surface area (Å²) in [5.41, 5.74) is 14.7. The van der Waals surface area contributed by atoms with Crippen molar-refractivity contribution >= 4 is 131 Å². The molecule has 3 aliphatic heterocycles. The van der Waals surface area contributed by atoms with Crippen molar-refractivity contribution < 1.29 is 76.9 Å². The number of esters is 1. The minimum Gasteiger partial charge on any atom is -0.481 e. The molecule has 0 saturated carbocycles. The van der Waals surface area contributed by atoms with Gasteiger partial charge in [-0.1, -0.05) is 119 Å². The number of carboxylic acid groups (broad SMARTS) is 1. The number of aliphatic hydroxyl groups excluding tert-OH is 1. The number of hydrogen-bond donors (Lipinski definition) is 8. The van der Waals surface area contributed by atoms with Crippen LogP contribution in [0.15, 0.2) is 115 Å². The lowest BCUT2D eigenvalue weighted by atomic mass is 10.1. The number of benzene rings is 5. The third-order valence-corrected chi connectivity index (χ3v) is 22.6. The zero-order valence-corrected chi connectivity index (χ0v) is 54.4. The molecule has 1 saturated heterocycles. The number of anilines is 6. The number of amides is 8. The van der Waals surface area contributed by atoms with Crippen LogP contribution in [0.5, 0.6) is 0 Å². The molecule has 0 bridgehead atoms. The highest BCUT2D eigenvalue weighted by molar-refractivity contribution is 6.77. The predicted molar refractivity (Wildman–Crippen MR) is 349 cm³/mol. The maximum atomic E-state index is 14.5. The maximum Gasteiger partial charge on any atom is 0.310 e. The Kier molecular flexibility index (Phi) is 24.4. The van der Waals surface area contributed by atoms with Gasteiger partial charge in [-0.25, -0.2) is 0 Å².